The Morgan fingerprint density at radius 3 is 2.21 bits per heavy atom. The summed E-state index contributed by atoms with van der Waals surface area (Å²) in [5.41, 5.74) is 1.12. The zero-order valence-corrected chi connectivity index (χ0v) is 10.0. The largest absolute Gasteiger partial charge is 0.422 e. The van der Waals surface area contributed by atoms with Crippen LogP contribution in [0.1, 0.15) is 5.56 Å². The van der Waals surface area contributed by atoms with Gasteiger partial charge in [-0.2, -0.15) is 0 Å². The molecule has 3 nitrogen and oxygen atoms in total. The van der Waals surface area contributed by atoms with E-state index >= 15 is 0 Å². The van der Waals surface area contributed by atoms with E-state index in [-0.39, 0.29) is 0 Å². The number of nitrogens with zero attached hydrogens (tertiary/aromatic N) is 1. The third-order valence-electron chi connectivity index (χ3n) is 1.72. The molecule has 0 amide bonds. The minimum atomic E-state index is -3.20. The zero-order valence-electron chi connectivity index (χ0n) is 8.40. The molecule has 0 aliphatic carbocycles. The lowest BCUT2D eigenvalue weighted by molar-refractivity contribution is 0.435. The van der Waals surface area contributed by atoms with Crippen LogP contribution in [-0.4, -0.2) is 18.8 Å². The van der Waals surface area contributed by atoms with Gasteiger partial charge in [-0.1, -0.05) is 17.7 Å². The molecule has 0 N–H and O–H groups in total. The van der Waals surface area contributed by atoms with E-state index in [9.17, 15) is 4.57 Å². The summed E-state index contributed by atoms with van der Waals surface area (Å²) in [6.45, 7) is -1.23. The molecule has 5 heteroatoms. The third-order valence-corrected chi connectivity index (χ3v) is 4.22. The number of rotatable bonds is 3. The van der Waals surface area contributed by atoms with Crippen LogP contribution in [0.3, 0.4) is 0 Å². The van der Waals surface area contributed by atoms with Gasteiger partial charge in [0.2, 0.25) is 0 Å². The quantitative estimate of drug-likeness (QED) is 0.751. The van der Waals surface area contributed by atoms with Gasteiger partial charge in [-0.3, -0.25) is 0 Å². The molecule has 0 radical (unpaired) electrons. The number of hydrogen-bond donors (Lipinski definition) is 0. The molecule has 0 aliphatic rings. The van der Waals surface area contributed by atoms with Crippen LogP contribution in [-0.2, 0) is 4.57 Å². The summed E-state index contributed by atoms with van der Waals surface area (Å²) in [6.07, 6.45) is 0. The number of hydrogen-bond acceptors (Lipinski definition) is 2. The van der Waals surface area contributed by atoms with Gasteiger partial charge in [0.15, 0.2) is 0 Å². The average Bonchev–Trinajstić information content (AvgIpc) is 2.08. The first-order chi connectivity index (χ1) is 6.42. The highest BCUT2D eigenvalue weighted by atomic mass is 35.7. The highest BCUT2D eigenvalue weighted by Gasteiger charge is 2.23. The second-order valence-electron chi connectivity index (χ2n) is 3.20. The van der Waals surface area contributed by atoms with Crippen molar-refractivity contribution in [1.82, 2.24) is 4.67 Å². The molecular formula is C9H13ClNO2P. The highest BCUT2D eigenvalue weighted by Crippen LogP contribution is 2.53. The summed E-state index contributed by atoms with van der Waals surface area (Å²) in [4.78, 5) is 0. The Labute approximate surface area is 88.9 Å². The molecule has 14 heavy (non-hydrogen) atoms. The lowest BCUT2D eigenvalue weighted by Crippen LogP contribution is -2.08. The molecule has 1 aromatic rings. The number of aryl methyl sites for hydroxylation is 1. The van der Waals surface area contributed by atoms with Gasteiger partial charge in [0.05, 0.1) is 0 Å². The summed E-state index contributed by atoms with van der Waals surface area (Å²) < 4.78 is 18.2. The molecule has 0 saturated heterocycles. The Morgan fingerprint density at radius 1 is 1.29 bits per heavy atom. The number of halogens is 1. The van der Waals surface area contributed by atoms with Crippen molar-refractivity contribution in [3.05, 3.63) is 29.8 Å². The maximum Gasteiger partial charge on any atom is 0.411 e. The number of benzene rings is 1. The van der Waals surface area contributed by atoms with Gasteiger partial charge in [0.25, 0.3) is 0 Å². The van der Waals surface area contributed by atoms with E-state index in [0.717, 1.165) is 5.56 Å². The van der Waals surface area contributed by atoms with Crippen LogP contribution in [0.2, 0.25) is 0 Å². The van der Waals surface area contributed by atoms with Crippen molar-refractivity contribution in [1.29, 1.82) is 0 Å². The second kappa shape index (κ2) is 4.35. The van der Waals surface area contributed by atoms with Gasteiger partial charge in [0.1, 0.15) is 5.75 Å². The van der Waals surface area contributed by atoms with Crippen molar-refractivity contribution < 1.29 is 9.09 Å². The fourth-order valence-corrected chi connectivity index (χ4v) is 1.59. The minimum absolute atomic E-state index is 0.516. The molecule has 1 rings (SSSR count). The fraction of sp³-hybridized carbons (Fsp3) is 0.333. The first-order valence-corrected chi connectivity index (χ1v) is 6.64. The summed E-state index contributed by atoms with van der Waals surface area (Å²) in [7, 11) is 3.23. The van der Waals surface area contributed by atoms with E-state index in [1.54, 1.807) is 26.2 Å². The normalized spacial score (nSPS) is 15.2. The molecule has 1 aromatic carbocycles. The van der Waals surface area contributed by atoms with Crippen LogP contribution in [0.5, 0.6) is 5.75 Å². The summed E-state index contributed by atoms with van der Waals surface area (Å²) >= 11 is 5.70. The molecular weight excluding hydrogens is 221 g/mol. The Hall–Kier alpha value is -0.500. The van der Waals surface area contributed by atoms with Crippen LogP contribution in [0.15, 0.2) is 24.3 Å². The standard InChI is InChI=1S/C9H13ClNO2P/c1-8-4-6-9(7-5-8)13-14(10,12)11(2)3/h4-7H,1-3H3. The van der Waals surface area contributed by atoms with Gasteiger partial charge >= 0.3 is 6.87 Å². The van der Waals surface area contributed by atoms with Crippen LogP contribution in [0.4, 0.5) is 0 Å². The predicted molar refractivity (Wildman–Crippen MR) is 59.0 cm³/mol. The van der Waals surface area contributed by atoms with Gasteiger partial charge in [-0.15, -0.1) is 0 Å². The summed E-state index contributed by atoms with van der Waals surface area (Å²) in [5, 5.41) is 0. The van der Waals surface area contributed by atoms with Crippen molar-refractivity contribution in [3.8, 4) is 5.75 Å². The van der Waals surface area contributed by atoms with E-state index in [4.69, 9.17) is 15.8 Å². The van der Waals surface area contributed by atoms with Crippen molar-refractivity contribution in [3.63, 3.8) is 0 Å². The Kier molecular flexibility index (Phi) is 3.59. The van der Waals surface area contributed by atoms with Crippen LogP contribution >= 0.6 is 18.1 Å². The fourth-order valence-electron chi connectivity index (χ4n) is 0.811. The third kappa shape index (κ3) is 3.02. The van der Waals surface area contributed by atoms with E-state index in [0.29, 0.717) is 5.75 Å². The zero-order chi connectivity index (χ0) is 10.8. The maximum absolute atomic E-state index is 11.6. The smallest absolute Gasteiger partial charge is 0.411 e. The highest BCUT2D eigenvalue weighted by molar-refractivity contribution is 7.83. The van der Waals surface area contributed by atoms with Gasteiger partial charge in [-0.05, 0) is 33.2 Å². The topological polar surface area (TPSA) is 29.5 Å². The SMILES string of the molecule is Cc1ccc(OP(=O)(Cl)N(C)C)cc1. The van der Waals surface area contributed by atoms with Gasteiger partial charge in [-0.25, -0.2) is 9.24 Å². The molecule has 0 bridgehead atoms. The Bertz CT molecular complexity index is 350. The molecule has 0 aliphatic heterocycles. The Morgan fingerprint density at radius 2 is 1.79 bits per heavy atom. The van der Waals surface area contributed by atoms with E-state index in [2.05, 4.69) is 0 Å². The van der Waals surface area contributed by atoms with Crippen LogP contribution in [0.25, 0.3) is 0 Å². The van der Waals surface area contributed by atoms with Crippen LogP contribution < -0.4 is 4.52 Å². The van der Waals surface area contributed by atoms with Crippen LogP contribution in [0, 0.1) is 6.92 Å². The lowest BCUT2D eigenvalue weighted by Gasteiger charge is -2.18. The molecule has 1 unspecified atom stereocenters. The van der Waals surface area contributed by atoms with E-state index in [1.807, 2.05) is 19.1 Å². The van der Waals surface area contributed by atoms with Crippen molar-refractivity contribution in [2.75, 3.05) is 14.1 Å². The Balaban J connectivity index is 2.79. The van der Waals surface area contributed by atoms with Gasteiger partial charge in [0, 0.05) is 11.2 Å². The monoisotopic (exact) mass is 233 g/mol. The van der Waals surface area contributed by atoms with Crippen molar-refractivity contribution in [2.45, 2.75) is 6.92 Å². The van der Waals surface area contributed by atoms with Crippen molar-refractivity contribution >= 4 is 18.1 Å². The summed E-state index contributed by atoms with van der Waals surface area (Å²) in [6, 6.07) is 7.24. The van der Waals surface area contributed by atoms with E-state index in [1.165, 1.54) is 4.67 Å². The first-order valence-electron chi connectivity index (χ1n) is 4.15. The maximum atomic E-state index is 11.6. The molecule has 0 heterocycles. The first kappa shape index (κ1) is 11.6. The van der Waals surface area contributed by atoms with Crippen molar-refractivity contribution in [2.24, 2.45) is 0 Å². The molecule has 0 spiro atoms. The second-order valence-corrected chi connectivity index (χ2v) is 6.37. The molecule has 0 aromatic heterocycles. The van der Waals surface area contributed by atoms with E-state index < -0.39 is 6.87 Å². The minimum Gasteiger partial charge on any atom is -0.422 e. The summed E-state index contributed by atoms with van der Waals surface area (Å²) in [5.74, 6) is 0.516. The molecule has 78 valence electrons. The van der Waals surface area contributed by atoms with Gasteiger partial charge < -0.3 is 4.52 Å². The predicted octanol–water partition coefficient (Wildman–Crippen LogP) is 3.28. The molecule has 0 fully saturated rings. The molecule has 1 atom stereocenters. The molecule has 0 saturated carbocycles. The average molecular weight is 234 g/mol. The lowest BCUT2D eigenvalue weighted by atomic mass is 10.2.